The number of benzene rings is 1. The Balaban J connectivity index is 1.68. The number of rotatable bonds is 3. The highest BCUT2D eigenvalue weighted by Crippen LogP contribution is 2.43. The van der Waals surface area contributed by atoms with Gasteiger partial charge in [0.25, 0.3) is 0 Å². The largest absolute Gasteiger partial charge is 0.214 e. The van der Waals surface area contributed by atoms with Crippen molar-refractivity contribution in [3.63, 3.8) is 0 Å². The first-order valence-electron chi connectivity index (χ1n) is 10.0. The summed E-state index contributed by atoms with van der Waals surface area (Å²) in [7, 11) is 0. The van der Waals surface area contributed by atoms with E-state index in [-0.39, 0.29) is 5.41 Å². The van der Waals surface area contributed by atoms with Gasteiger partial charge in [-0.3, -0.25) is 0 Å². The average Bonchev–Trinajstić information content (AvgIpc) is 3.35. The third-order valence-corrected chi connectivity index (χ3v) is 7.54. The van der Waals surface area contributed by atoms with Gasteiger partial charge in [0.1, 0.15) is 0 Å². The molecule has 0 spiro atoms. The molecular weight excluding hydrogens is 364 g/mol. The van der Waals surface area contributed by atoms with E-state index in [0.29, 0.717) is 11.7 Å². The molecule has 146 valence electrons. The van der Waals surface area contributed by atoms with Crippen molar-refractivity contribution < 1.29 is 0 Å². The van der Waals surface area contributed by atoms with E-state index in [2.05, 4.69) is 91.7 Å². The van der Waals surface area contributed by atoms with Crippen LogP contribution in [0.15, 0.2) is 30.3 Å². The molecular formula is C23H28N4S. The molecule has 2 heterocycles. The van der Waals surface area contributed by atoms with Crippen LogP contribution in [0.5, 0.6) is 0 Å². The van der Waals surface area contributed by atoms with Crippen molar-refractivity contribution in [3.05, 3.63) is 51.9 Å². The van der Waals surface area contributed by atoms with Crippen LogP contribution in [0.2, 0.25) is 0 Å². The lowest BCUT2D eigenvalue weighted by Gasteiger charge is -2.26. The number of nitrogens with zero attached hydrogens (tertiary/aromatic N) is 3. The lowest BCUT2D eigenvalue weighted by Crippen LogP contribution is -2.17. The Hall–Kier alpha value is -2.27. The van der Waals surface area contributed by atoms with Crippen molar-refractivity contribution >= 4 is 23.0 Å². The number of aromatic nitrogens is 4. The second kappa shape index (κ2) is 7.28. The third kappa shape index (κ3) is 3.55. The quantitative estimate of drug-likeness (QED) is 0.532. The van der Waals surface area contributed by atoms with E-state index in [1.807, 2.05) is 0 Å². The van der Waals surface area contributed by atoms with Gasteiger partial charge < -0.3 is 0 Å². The molecule has 1 aromatic carbocycles. The monoisotopic (exact) mass is 392 g/mol. The number of nitrogens with one attached hydrogen (secondary N) is 1. The Morgan fingerprint density at radius 2 is 2.04 bits per heavy atom. The van der Waals surface area contributed by atoms with E-state index in [1.165, 1.54) is 40.0 Å². The number of allylic oxidation sites excluding steroid dienone is 1. The molecule has 2 unspecified atom stereocenters. The average molecular weight is 393 g/mol. The Labute approximate surface area is 171 Å². The fourth-order valence-electron chi connectivity index (χ4n) is 4.18. The van der Waals surface area contributed by atoms with Gasteiger partial charge in [-0.2, -0.15) is 5.21 Å². The van der Waals surface area contributed by atoms with Crippen LogP contribution in [0.1, 0.15) is 74.9 Å². The number of thiophene rings is 1. The van der Waals surface area contributed by atoms with Gasteiger partial charge in [-0.15, -0.1) is 21.5 Å². The maximum atomic E-state index is 4.07. The van der Waals surface area contributed by atoms with Crippen LogP contribution in [-0.4, -0.2) is 20.6 Å². The molecule has 0 fully saturated rings. The van der Waals surface area contributed by atoms with Crippen LogP contribution in [0.3, 0.4) is 0 Å². The minimum Gasteiger partial charge on any atom is -0.177 e. The van der Waals surface area contributed by atoms with Crippen molar-refractivity contribution in [2.45, 2.75) is 58.8 Å². The minimum absolute atomic E-state index is 0.223. The number of fused-ring (bicyclic) bond motifs is 1. The highest BCUT2D eigenvalue weighted by atomic mass is 32.1. The normalized spacial score (nSPS) is 22.0. The molecule has 28 heavy (non-hydrogen) atoms. The van der Waals surface area contributed by atoms with Crippen molar-refractivity contribution in [1.29, 1.82) is 0 Å². The summed E-state index contributed by atoms with van der Waals surface area (Å²) in [6, 6.07) is 11.3. The molecule has 1 aliphatic rings. The molecule has 5 heteroatoms. The summed E-state index contributed by atoms with van der Waals surface area (Å²) < 4.78 is 0. The first kappa shape index (κ1) is 19.1. The lowest BCUT2D eigenvalue weighted by atomic mass is 9.78. The molecule has 2 aromatic heterocycles. The van der Waals surface area contributed by atoms with Gasteiger partial charge in [0.05, 0.1) is 4.88 Å². The van der Waals surface area contributed by atoms with Crippen molar-refractivity contribution in [1.82, 2.24) is 20.6 Å². The van der Waals surface area contributed by atoms with Crippen LogP contribution < -0.4 is 0 Å². The van der Waals surface area contributed by atoms with Gasteiger partial charge in [-0.25, -0.2) is 0 Å². The van der Waals surface area contributed by atoms with Crippen molar-refractivity contribution in [3.8, 4) is 10.7 Å². The number of H-pyrrole nitrogens is 1. The zero-order valence-corrected chi connectivity index (χ0v) is 18.1. The first-order chi connectivity index (χ1) is 13.3. The molecule has 0 saturated heterocycles. The molecule has 2 atom stereocenters. The zero-order valence-electron chi connectivity index (χ0n) is 17.3. The Bertz CT molecular complexity index is 998. The molecule has 0 bridgehead atoms. The number of hydrogen-bond acceptors (Lipinski definition) is 4. The summed E-state index contributed by atoms with van der Waals surface area (Å²) in [5, 5.41) is 14.3. The number of hydrogen-bond donors (Lipinski definition) is 1. The number of tetrazole rings is 1. The predicted octanol–water partition coefficient (Wildman–Crippen LogP) is 6.30. The fourth-order valence-corrected chi connectivity index (χ4v) is 5.09. The SMILES string of the molecule is C/C(=C/c1ccc2c(c1)C(C)(C)CCC(C)C2C)c1ccc(-c2nn[nH]n2)s1. The predicted molar refractivity (Wildman–Crippen MR) is 117 cm³/mol. The third-order valence-electron chi connectivity index (χ3n) is 6.32. The standard InChI is InChI=1S/C23H28N4S/c1-14-10-11-23(4,5)19-13-17(6-7-18(19)16(14)3)12-15(2)20-8-9-21(28-20)22-24-26-27-25-22/h6-9,12-14,16H,10-11H2,1-5H3,(H,24,25,26,27)/b15-12-. The van der Waals surface area contributed by atoms with E-state index in [9.17, 15) is 0 Å². The molecule has 1 N–H and O–H groups in total. The van der Waals surface area contributed by atoms with E-state index in [4.69, 9.17) is 0 Å². The van der Waals surface area contributed by atoms with E-state index >= 15 is 0 Å². The molecule has 4 nitrogen and oxygen atoms in total. The van der Waals surface area contributed by atoms with Gasteiger partial charge in [-0.05, 0) is 76.6 Å². The summed E-state index contributed by atoms with van der Waals surface area (Å²) in [5.74, 6) is 2.00. The Morgan fingerprint density at radius 1 is 1.21 bits per heavy atom. The van der Waals surface area contributed by atoms with Gasteiger partial charge in [0, 0.05) is 4.88 Å². The smallest absolute Gasteiger partial charge is 0.177 e. The van der Waals surface area contributed by atoms with E-state index in [0.717, 1.165) is 10.8 Å². The minimum atomic E-state index is 0.223. The van der Waals surface area contributed by atoms with Gasteiger partial charge in [-0.1, -0.05) is 52.0 Å². The molecule has 0 saturated carbocycles. The highest BCUT2D eigenvalue weighted by molar-refractivity contribution is 7.16. The van der Waals surface area contributed by atoms with Crippen LogP contribution in [-0.2, 0) is 5.41 Å². The zero-order chi connectivity index (χ0) is 19.9. The Morgan fingerprint density at radius 3 is 2.79 bits per heavy atom. The molecule has 3 aromatic rings. The van der Waals surface area contributed by atoms with Gasteiger partial charge in [0.15, 0.2) is 0 Å². The van der Waals surface area contributed by atoms with Crippen molar-refractivity contribution in [2.24, 2.45) is 5.92 Å². The molecule has 0 amide bonds. The van der Waals surface area contributed by atoms with Crippen LogP contribution in [0.4, 0.5) is 0 Å². The molecule has 1 aliphatic carbocycles. The highest BCUT2D eigenvalue weighted by Gasteiger charge is 2.31. The summed E-state index contributed by atoms with van der Waals surface area (Å²) in [4.78, 5) is 2.26. The lowest BCUT2D eigenvalue weighted by molar-refractivity contribution is 0.399. The summed E-state index contributed by atoms with van der Waals surface area (Å²) in [6.45, 7) is 11.7. The second-order valence-electron chi connectivity index (χ2n) is 8.76. The summed E-state index contributed by atoms with van der Waals surface area (Å²) >= 11 is 1.70. The summed E-state index contributed by atoms with van der Waals surface area (Å²) in [5.41, 5.74) is 5.80. The molecule has 0 aliphatic heterocycles. The topological polar surface area (TPSA) is 54.5 Å². The van der Waals surface area contributed by atoms with Crippen LogP contribution >= 0.6 is 11.3 Å². The second-order valence-corrected chi connectivity index (χ2v) is 9.85. The molecule has 0 radical (unpaired) electrons. The van der Waals surface area contributed by atoms with Crippen LogP contribution in [0, 0.1) is 5.92 Å². The van der Waals surface area contributed by atoms with Crippen LogP contribution in [0.25, 0.3) is 22.4 Å². The van der Waals surface area contributed by atoms with Gasteiger partial charge in [0.2, 0.25) is 5.82 Å². The fraction of sp³-hybridized carbons (Fsp3) is 0.435. The molecule has 4 rings (SSSR count). The maximum absolute atomic E-state index is 4.07. The summed E-state index contributed by atoms with van der Waals surface area (Å²) in [6.07, 6.45) is 4.83. The van der Waals surface area contributed by atoms with E-state index in [1.54, 1.807) is 11.3 Å². The van der Waals surface area contributed by atoms with E-state index < -0.39 is 0 Å². The number of aromatic amines is 1. The Kier molecular flexibility index (Phi) is 4.96. The first-order valence-corrected chi connectivity index (χ1v) is 10.8. The van der Waals surface area contributed by atoms with Crippen molar-refractivity contribution in [2.75, 3.05) is 0 Å². The maximum Gasteiger partial charge on any atom is 0.214 e. The van der Waals surface area contributed by atoms with Gasteiger partial charge >= 0.3 is 0 Å².